The van der Waals surface area contributed by atoms with E-state index in [1.165, 1.54) is 12.1 Å². The molecule has 4 aromatic rings. The first kappa shape index (κ1) is 26.1. The Morgan fingerprint density at radius 1 is 1.03 bits per heavy atom. The number of anilines is 1. The second-order valence-corrected chi connectivity index (χ2v) is 11.1. The Morgan fingerprint density at radius 2 is 1.71 bits per heavy atom. The predicted octanol–water partition coefficient (Wildman–Crippen LogP) is 5.61. The molecule has 1 aromatic heterocycles. The highest BCUT2D eigenvalue weighted by atomic mass is 35.5. The highest BCUT2D eigenvalue weighted by Gasteiger charge is 2.39. The second-order valence-electron chi connectivity index (χ2n) is 9.11. The van der Waals surface area contributed by atoms with Crippen molar-refractivity contribution in [2.24, 2.45) is 0 Å². The maximum absolute atomic E-state index is 14.1. The highest BCUT2D eigenvalue weighted by molar-refractivity contribution is 7.93. The lowest BCUT2D eigenvalue weighted by atomic mass is 9.83. The standard InChI is InChI=1S/C28H25ClFN3O4S/c1-37-28(22-7-3-8-23(30)25(22)29)14-17-33(18-15-28)27(34)20-10-12-21(13-11-20)32-38(35,36)24-9-2-5-19-6-4-16-31-26(19)24/h2-13,16,32H,14-15,17-18H2,1H3. The molecule has 0 radical (unpaired) electrons. The average molecular weight is 554 g/mol. The minimum atomic E-state index is -3.90. The largest absolute Gasteiger partial charge is 0.373 e. The van der Waals surface area contributed by atoms with Crippen LogP contribution in [0.25, 0.3) is 10.9 Å². The topological polar surface area (TPSA) is 88.6 Å². The van der Waals surface area contributed by atoms with E-state index >= 15 is 0 Å². The van der Waals surface area contributed by atoms with Crippen molar-refractivity contribution in [3.8, 4) is 0 Å². The summed E-state index contributed by atoms with van der Waals surface area (Å²) in [7, 11) is -2.34. The van der Waals surface area contributed by atoms with E-state index in [1.54, 1.807) is 78.9 Å². The van der Waals surface area contributed by atoms with E-state index < -0.39 is 21.4 Å². The molecule has 5 rings (SSSR count). The van der Waals surface area contributed by atoms with Crippen LogP contribution >= 0.6 is 11.6 Å². The van der Waals surface area contributed by atoms with Crippen LogP contribution in [0.4, 0.5) is 10.1 Å². The fourth-order valence-electron chi connectivity index (χ4n) is 4.88. The number of fused-ring (bicyclic) bond motifs is 1. The molecule has 0 saturated carbocycles. The molecule has 1 amide bonds. The van der Waals surface area contributed by atoms with Gasteiger partial charge in [0.1, 0.15) is 10.7 Å². The minimum absolute atomic E-state index is 0.0337. The third-order valence-corrected chi connectivity index (χ3v) is 8.76. The van der Waals surface area contributed by atoms with Gasteiger partial charge < -0.3 is 9.64 Å². The molecule has 0 unspecified atom stereocenters. The van der Waals surface area contributed by atoms with Gasteiger partial charge in [0.25, 0.3) is 15.9 Å². The number of aromatic nitrogens is 1. The molecule has 0 spiro atoms. The zero-order chi connectivity index (χ0) is 26.9. The van der Waals surface area contributed by atoms with Crippen molar-refractivity contribution < 1.29 is 22.3 Å². The van der Waals surface area contributed by atoms with Crippen molar-refractivity contribution in [3.05, 3.63) is 101 Å². The van der Waals surface area contributed by atoms with Crippen LogP contribution in [0.5, 0.6) is 0 Å². The summed E-state index contributed by atoms with van der Waals surface area (Å²) in [5, 5.41) is 0.751. The van der Waals surface area contributed by atoms with Crippen LogP contribution in [0.2, 0.25) is 5.02 Å². The molecule has 38 heavy (non-hydrogen) atoms. The van der Waals surface area contributed by atoms with Gasteiger partial charge in [-0.25, -0.2) is 12.8 Å². The minimum Gasteiger partial charge on any atom is -0.373 e. The van der Waals surface area contributed by atoms with Gasteiger partial charge in [0.15, 0.2) is 0 Å². The maximum atomic E-state index is 14.1. The number of rotatable bonds is 6. The van der Waals surface area contributed by atoms with Crippen molar-refractivity contribution in [2.45, 2.75) is 23.3 Å². The van der Waals surface area contributed by atoms with Crippen LogP contribution in [0.3, 0.4) is 0 Å². The fourth-order valence-corrected chi connectivity index (χ4v) is 6.41. The van der Waals surface area contributed by atoms with Crippen LogP contribution < -0.4 is 4.72 Å². The number of methoxy groups -OCH3 is 1. The normalized spacial score (nSPS) is 15.4. The Balaban J connectivity index is 1.29. The Kier molecular flexibility index (Phi) is 7.09. The lowest BCUT2D eigenvalue weighted by Gasteiger charge is -2.41. The molecular formula is C28H25ClFN3O4S. The van der Waals surface area contributed by atoms with E-state index in [9.17, 15) is 17.6 Å². The smallest absolute Gasteiger partial charge is 0.264 e. The summed E-state index contributed by atoms with van der Waals surface area (Å²) in [4.78, 5) is 19.2. The van der Waals surface area contributed by atoms with Crippen molar-refractivity contribution in [1.82, 2.24) is 9.88 Å². The number of sulfonamides is 1. The molecule has 196 valence electrons. The number of halogens is 2. The van der Waals surface area contributed by atoms with E-state index in [0.717, 1.165) is 5.39 Å². The van der Waals surface area contributed by atoms with Gasteiger partial charge in [-0.05, 0) is 55.3 Å². The van der Waals surface area contributed by atoms with Gasteiger partial charge >= 0.3 is 0 Å². The number of nitrogens with one attached hydrogen (secondary N) is 1. The fraction of sp³-hybridized carbons (Fsp3) is 0.214. The summed E-state index contributed by atoms with van der Waals surface area (Å²) < 4.78 is 48.6. The van der Waals surface area contributed by atoms with Crippen LogP contribution in [-0.4, -0.2) is 44.4 Å². The number of carbonyl (C=O) groups excluding carboxylic acids is 1. The average Bonchev–Trinajstić information content (AvgIpc) is 2.94. The SMILES string of the molecule is COC1(c2cccc(F)c2Cl)CCN(C(=O)c2ccc(NS(=O)(=O)c3cccc4cccnc34)cc2)CC1. The first-order valence-electron chi connectivity index (χ1n) is 12.0. The first-order valence-corrected chi connectivity index (χ1v) is 13.9. The van der Waals surface area contributed by atoms with Gasteiger partial charge in [0.2, 0.25) is 0 Å². The summed E-state index contributed by atoms with van der Waals surface area (Å²) in [6, 6.07) is 19.4. The highest BCUT2D eigenvalue weighted by Crippen LogP contribution is 2.40. The maximum Gasteiger partial charge on any atom is 0.264 e. The summed E-state index contributed by atoms with van der Waals surface area (Å²) >= 11 is 6.23. The Bertz CT molecular complexity index is 1600. The third kappa shape index (κ3) is 4.84. The van der Waals surface area contributed by atoms with Gasteiger partial charge in [-0.1, -0.05) is 41.9 Å². The van der Waals surface area contributed by atoms with Crippen molar-refractivity contribution in [1.29, 1.82) is 0 Å². The number of hydrogen-bond donors (Lipinski definition) is 1. The van der Waals surface area contributed by atoms with Gasteiger partial charge in [0.05, 0.1) is 16.1 Å². The summed E-state index contributed by atoms with van der Waals surface area (Å²) in [6.07, 6.45) is 2.45. The summed E-state index contributed by atoms with van der Waals surface area (Å²) in [6.45, 7) is 0.782. The monoisotopic (exact) mass is 553 g/mol. The molecule has 10 heteroatoms. The van der Waals surface area contributed by atoms with Crippen LogP contribution in [0.15, 0.2) is 83.9 Å². The second kappa shape index (κ2) is 10.3. The zero-order valence-corrected chi connectivity index (χ0v) is 22.1. The molecule has 0 atom stereocenters. The molecule has 1 N–H and O–H groups in total. The Labute approximate surface area is 225 Å². The molecule has 1 aliphatic heterocycles. The molecule has 0 bridgehead atoms. The van der Waals surface area contributed by atoms with E-state index in [2.05, 4.69) is 9.71 Å². The van der Waals surface area contributed by atoms with Gasteiger partial charge in [-0.3, -0.25) is 14.5 Å². The van der Waals surface area contributed by atoms with Gasteiger partial charge in [-0.2, -0.15) is 0 Å². The van der Waals surface area contributed by atoms with Crippen LogP contribution in [0.1, 0.15) is 28.8 Å². The van der Waals surface area contributed by atoms with Gasteiger partial charge in [-0.15, -0.1) is 0 Å². The van der Waals surface area contributed by atoms with Crippen molar-refractivity contribution in [2.75, 3.05) is 24.9 Å². The van der Waals surface area contributed by atoms with Crippen LogP contribution in [0, 0.1) is 5.82 Å². The number of benzene rings is 3. The van der Waals surface area contributed by atoms with E-state index in [4.69, 9.17) is 16.3 Å². The molecule has 2 heterocycles. The molecule has 1 fully saturated rings. The predicted molar refractivity (Wildman–Crippen MR) is 144 cm³/mol. The molecule has 1 aliphatic rings. The van der Waals surface area contributed by atoms with Crippen LogP contribution in [-0.2, 0) is 20.4 Å². The quantitative estimate of drug-likeness (QED) is 0.335. The Morgan fingerprint density at radius 3 is 2.42 bits per heavy atom. The number of hydrogen-bond acceptors (Lipinski definition) is 5. The molecule has 1 saturated heterocycles. The number of piperidine rings is 1. The zero-order valence-electron chi connectivity index (χ0n) is 20.5. The molecule has 3 aromatic carbocycles. The summed E-state index contributed by atoms with van der Waals surface area (Å²) in [5.41, 5.74) is 0.924. The third-order valence-electron chi connectivity index (χ3n) is 6.96. The van der Waals surface area contributed by atoms with E-state index in [1.807, 2.05) is 0 Å². The number of nitrogens with zero attached hydrogens (tertiary/aromatic N) is 2. The lowest BCUT2D eigenvalue weighted by molar-refractivity contribution is -0.0575. The number of ether oxygens (including phenoxy) is 1. The first-order chi connectivity index (χ1) is 18.2. The lowest BCUT2D eigenvalue weighted by Crippen LogP contribution is -2.46. The van der Waals surface area contributed by atoms with E-state index in [-0.39, 0.29) is 15.8 Å². The number of amides is 1. The molecule has 7 nitrogen and oxygen atoms in total. The number of para-hydroxylation sites is 1. The van der Waals surface area contributed by atoms with Crippen molar-refractivity contribution >= 4 is 44.1 Å². The summed E-state index contributed by atoms with van der Waals surface area (Å²) in [5.74, 6) is -0.695. The van der Waals surface area contributed by atoms with E-state index in [0.29, 0.717) is 48.3 Å². The van der Waals surface area contributed by atoms with Crippen molar-refractivity contribution in [3.63, 3.8) is 0 Å². The number of pyridine rings is 1. The number of likely N-dealkylation sites (tertiary alicyclic amines) is 1. The number of carbonyl (C=O) groups is 1. The molecule has 0 aliphatic carbocycles. The molecular weight excluding hydrogens is 529 g/mol. The Hall–Kier alpha value is -3.53. The van der Waals surface area contributed by atoms with Gasteiger partial charge in [0, 0.05) is 48.6 Å².